The van der Waals surface area contributed by atoms with Gasteiger partial charge in [-0.15, -0.1) is 22.7 Å². The van der Waals surface area contributed by atoms with E-state index in [0.29, 0.717) is 5.75 Å². The molecule has 3 rings (SSSR count). The number of esters is 1. The van der Waals surface area contributed by atoms with Crippen LogP contribution in [0.2, 0.25) is 0 Å². The van der Waals surface area contributed by atoms with Crippen LogP contribution in [-0.4, -0.2) is 11.0 Å². The summed E-state index contributed by atoms with van der Waals surface area (Å²) in [6.07, 6.45) is 0.188. The highest BCUT2D eigenvalue weighted by Crippen LogP contribution is 2.28. The van der Waals surface area contributed by atoms with E-state index in [9.17, 15) is 4.79 Å². The van der Waals surface area contributed by atoms with Gasteiger partial charge in [-0.25, -0.2) is 4.98 Å². The van der Waals surface area contributed by atoms with Crippen molar-refractivity contribution in [1.29, 1.82) is 0 Å². The molecule has 0 atom stereocenters. The van der Waals surface area contributed by atoms with E-state index < -0.39 is 0 Å². The maximum atomic E-state index is 11.9. The first kappa shape index (κ1) is 14.7. The molecule has 0 radical (unpaired) electrons. The van der Waals surface area contributed by atoms with Gasteiger partial charge in [0.1, 0.15) is 10.8 Å². The molecule has 0 aliphatic rings. The SMILES string of the molecule is O=C(Cc1csc(-c2cccs2)n1)Oc1cccc(I)c1. The fourth-order valence-corrected chi connectivity index (χ4v) is 3.90. The van der Waals surface area contributed by atoms with Crippen LogP contribution in [-0.2, 0) is 11.2 Å². The standard InChI is InChI=1S/C15H10INO2S2/c16-10-3-1-4-12(7-10)19-14(18)8-11-9-21-15(17-11)13-5-2-6-20-13/h1-7,9H,8H2. The first-order valence-corrected chi connectivity index (χ1v) is 8.99. The molecule has 0 spiro atoms. The van der Waals surface area contributed by atoms with Gasteiger partial charge in [0, 0.05) is 8.95 Å². The van der Waals surface area contributed by atoms with E-state index in [4.69, 9.17) is 4.74 Å². The first-order valence-electron chi connectivity index (χ1n) is 6.15. The Balaban J connectivity index is 1.65. The third kappa shape index (κ3) is 3.90. The summed E-state index contributed by atoms with van der Waals surface area (Å²) in [5.41, 5.74) is 0.749. The van der Waals surface area contributed by atoms with Crippen molar-refractivity contribution in [3.05, 3.63) is 56.4 Å². The molecule has 0 bridgehead atoms. The van der Waals surface area contributed by atoms with Gasteiger partial charge in [0.25, 0.3) is 0 Å². The Hall–Kier alpha value is -1.25. The molecule has 0 fully saturated rings. The topological polar surface area (TPSA) is 39.2 Å². The van der Waals surface area contributed by atoms with Crippen LogP contribution in [0.15, 0.2) is 47.2 Å². The molecule has 0 amide bonds. The summed E-state index contributed by atoms with van der Waals surface area (Å²) in [6.45, 7) is 0. The molecular formula is C15H10INO2S2. The second kappa shape index (κ2) is 6.67. The summed E-state index contributed by atoms with van der Waals surface area (Å²) in [7, 11) is 0. The molecule has 2 heterocycles. The second-order valence-corrected chi connectivity index (χ2v) is 7.28. The average Bonchev–Trinajstić information content (AvgIpc) is 3.08. The average molecular weight is 427 g/mol. The van der Waals surface area contributed by atoms with E-state index in [1.807, 2.05) is 41.1 Å². The summed E-state index contributed by atoms with van der Waals surface area (Å²) in [6, 6.07) is 11.4. The van der Waals surface area contributed by atoms with Crippen molar-refractivity contribution in [2.45, 2.75) is 6.42 Å². The zero-order valence-electron chi connectivity index (χ0n) is 10.8. The maximum Gasteiger partial charge on any atom is 0.317 e. The summed E-state index contributed by atoms with van der Waals surface area (Å²) in [5.74, 6) is 0.278. The molecule has 3 aromatic rings. The molecule has 0 saturated heterocycles. The van der Waals surface area contributed by atoms with Gasteiger partial charge in [-0.2, -0.15) is 0 Å². The zero-order valence-corrected chi connectivity index (χ0v) is 14.6. The monoisotopic (exact) mass is 427 g/mol. The van der Waals surface area contributed by atoms with E-state index in [2.05, 4.69) is 27.6 Å². The number of rotatable bonds is 4. The lowest BCUT2D eigenvalue weighted by Crippen LogP contribution is -2.11. The summed E-state index contributed by atoms with van der Waals surface area (Å²) in [5, 5.41) is 4.87. The Labute approximate surface area is 143 Å². The van der Waals surface area contributed by atoms with Gasteiger partial charge in [-0.1, -0.05) is 12.1 Å². The van der Waals surface area contributed by atoms with Crippen LogP contribution < -0.4 is 4.74 Å². The number of thiazole rings is 1. The molecule has 1 aromatic carbocycles. The van der Waals surface area contributed by atoms with Crippen molar-refractivity contribution in [3.63, 3.8) is 0 Å². The number of carbonyl (C=O) groups excluding carboxylic acids is 1. The number of aromatic nitrogens is 1. The summed E-state index contributed by atoms with van der Waals surface area (Å²) < 4.78 is 6.36. The van der Waals surface area contributed by atoms with Crippen molar-refractivity contribution in [2.75, 3.05) is 0 Å². The maximum absolute atomic E-state index is 11.9. The molecule has 2 aromatic heterocycles. The molecule has 3 nitrogen and oxygen atoms in total. The number of hydrogen-bond donors (Lipinski definition) is 0. The fraction of sp³-hybridized carbons (Fsp3) is 0.0667. The molecule has 0 aliphatic carbocycles. The van der Waals surface area contributed by atoms with Crippen molar-refractivity contribution in [2.24, 2.45) is 0 Å². The van der Waals surface area contributed by atoms with Crippen molar-refractivity contribution >= 4 is 51.2 Å². The molecule has 106 valence electrons. The molecular weight excluding hydrogens is 417 g/mol. The highest BCUT2D eigenvalue weighted by molar-refractivity contribution is 14.1. The Morgan fingerprint density at radius 3 is 2.90 bits per heavy atom. The molecule has 0 aliphatic heterocycles. The third-order valence-corrected chi connectivity index (χ3v) is 5.24. The van der Waals surface area contributed by atoms with E-state index in [1.165, 1.54) is 0 Å². The predicted octanol–water partition coefficient (Wildman–Crippen LogP) is 4.62. The third-order valence-electron chi connectivity index (χ3n) is 2.64. The number of thiophene rings is 1. The van der Waals surface area contributed by atoms with Crippen LogP contribution in [0.1, 0.15) is 5.69 Å². The van der Waals surface area contributed by atoms with E-state index in [-0.39, 0.29) is 12.4 Å². The molecule has 0 N–H and O–H groups in total. The lowest BCUT2D eigenvalue weighted by atomic mass is 10.3. The van der Waals surface area contributed by atoms with Gasteiger partial charge < -0.3 is 4.74 Å². The molecule has 6 heteroatoms. The Kier molecular flexibility index (Phi) is 4.67. The number of carbonyl (C=O) groups is 1. The molecule has 21 heavy (non-hydrogen) atoms. The highest BCUT2D eigenvalue weighted by atomic mass is 127. The fourth-order valence-electron chi connectivity index (χ4n) is 1.75. The number of nitrogens with zero attached hydrogens (tertiary/aromatic N) is 1. The Morgan fingerprint density at radius 1 is 1.24 bits per heavy atom. The van der Waals surface area contributed by atoms with Gasteiger partial charge in [-0.3, -0.25) is 4.79 Å². The minimum absolute atomic E-state index is 0.188. The normalized spacial score (nSPS) is 10.5. The van der Waals surface area contributed by atoms with Crippen molar-refractivity contribution in [1.82, 2.24) is 4.98 Å². The van der Waals surface area contributed by atoms with E-state index >= 15 is 0 Å². The minimum atomic E-state index is -0.292. The summed E-state index contributed by atoms with van der Waals surface area (Å²) >= 11 is 5.38. The van der Waals surface area contributed by atoms with Crippen LogP contribution in [0, 0.1) is 3.57 Å². The van der Waals surface area contributed by atoms with Crippen LogP contribution >= 0.6 is 45.3 Å². The van der Waals surface area contributed by atoms with Crippen LogP contribution in [0.4, 0.5) is 0 Å². The van der Waals surface area contributed by atoms with Crippen LogP contribution in [0.3, 0.4) is 0 Å². The van der Waals surface area contributed by atoms with Crippen LogP contribution in [0.25, 0.3) is 9.88 Å². The van der Waals surface area contributed by atoms with Gasteiger partial charge in [-0.05, 0) is 52.2 Å². The van der Waals surface area contributed by atoms with Gasteiger partial charge in [0.05, 0.1) is 17.0 Å². The molecule has 0 unspecified atom stereocenters. The first-order chi connectivity index (χ1) is 10.2. The number of ether oxygens (including phenoxy) is 1. The van der Waals surface area contributed by atoms with Crippen molar-refractivity contribution < 1.29 is 9.53 Å². The van der Waals surface area contributed by atoms with E-state index in [0.717, 1.165) is 19.1 Å². The second-order valence-electron chi connectivity index (χ2n) is 4.23. The zero-order chi connectivity index (χ0) is 14.7. The predicted molar refractivity (Wildman–Crippen MR) is 93.9 cm³/mol. The van der Waals surface area contributed by atoms with Gasteiger partial charge >= 0.3 is 5.97 Å². The largest absolute Gasteiger partial charge is 0.426 e. The summed E-state index contributed by atoms with van der Waals surface area (Å²) in [4.78, 5) is 17.5. The highest BCUT2D eigenvalue weighted by Gasteiger charge is 2.11. The lowest BCUT2D eigenvalue weighted by Gasteiger charge is -2.03. The number of halogens is 1. The number of hydrogen-bond acceptors (Lipinski definition) is 5. The van der Waals surface area contributed by atoms with Gasteiger partial charge in [0.2, 0.25) is 0 Å². The molecule has 0 saturated carbocycles. The van der Waals surface area contributed by atoms with Gasteiger partial charge in [0.15, 0.2) is 0 Å². The minimum Gasteiger partial charge on any atom is -0.426 e. The Bertz CT molecular complexity index is 753. The number of benzene rings is 1. The lowest BCUT2D eigenvalue weighted by molar-refractivity contribution is -0.133. The smallest absolute Gasteiger partial charge is 0.317 e. The van der Waals surface area contributed by atoms with E-state index in [1.54, 1.807) is 28.7 Å². The van der Waals surface area contributed by atoms with Crippen molar-refractivity contribution in [3.8, 4) is 15.6 Å². The van der Waals surface area contributed by atoms with Crippen LogP contribution in [0.5, 0.6) is 5.75 Å². The quantitative estimate of drug-likeness (QED) is 0.347. The Morgan fingerprint density at radius 2 is 2.14 bits per heavy atom.